The zero-order valence-electron chi connectivity index (χ0n) is 16.4. The second-order valence-electron chi connectivity index (χ2n) is 7.94. The molecule has 1 aromatic carbocycles. The molecule has 0 aliphatic carbocycles. The van der Waals surface area contributed by atoms with Gasteiger partial charge in [0.1, 0.15) is 17.5 Å². The molecule has 1 heterocycles. The maximum Gasteiger partial charge on any atom is 0.410 e. The number of anilines is 1. The van der Waals surface area contributed by atoms with Crippen LogP contribution in [0, 0.1) is 5.92 Å². The first-order valence-electron chi connectivity index (χ1n) is 8.73. The Hall–Kier alpha value is -2.44. The van der Waals surface area contributed by atoms with Gasteiger partial charge < -0.3 is 25.0 Å². The Balaban J connectivity index is 2.23. The van der Waals surface area contributed by atoms with E-state index in [9.17, 15) is 9.59 Å². The largest absolute Gasteiger partial charge is 0.487 e. The maximum absolute atomic E-state index is 12.6. The van der Waals surface area contributed by atoms with Crippen LogP contribution in [0.3, 0.4) is 0 Å². The SMILES string of the molecule is C[C@H]1CN(C)C(=O)c2cc(N)ccc2O[C@H]1CN(C)C(=O)OC(C)(C)C. The lowest BCUT2D eigenvalue weighted by Crippen LogP contribution is -2.47. The van der Waals surface area contributed by atoms with Crippen molar-refractivity contribution >= 4 is 17.7 Å². The Morgan fingerprint density at radius 1 is 1.42 bits per heavy atom. The standard InChI is InChI=1S/C19H29N3O4/c1-12-10-21(5)17(23)14-9-13(20)7-8-15(14)25-16(12)11-22(6)18(24)26-19(2,3)4/h7-9,12,16H,10-11,20H2,1-6H3/t12-,16-/m0/s1. The molecule has 7 nitrogen and oxygen atoms in total. The van der Waals surface area contributed by atoms with Crippen molar-refractivity contribution < 1.29 is 19.1 Å². The van der Waals surface area contributed by atoms with E-state index >= 15 is 0 Å². The van der Waals surface area contributed by atoms with Crippen molar-refractivity contribution in [1.82, 2.24) is 9.80 Å². The number of amides is 2. The van der Waals surface area contributed by atoms with Gasteiger partial charge in [-0.25, -0.2) is 4.79 Å². The van der Waals surface area contributed by atoms with Gasteiger partial charge in [0.05, 0.1) is 12.1 Å². The third kappa shape index (κ3) is 4.80. The predicted molar refractivity (Wildman–Crippen MR) is 100 cm³/mol. The van der Waals surface area contributed by atoms with Crippen molar-refractivity contribution in [3.05, 3.63) is 23.8 Å². The van der Waals surface area contributed by atoms with E-state index < -0.39 is 11.7 Å². The lowest BCUT2D eigenvalue weighted by Gasteiger charge is -2.35. The Kier molecular flexibility index (Phi) is 5.68. The molecule has 1 aliphatic rings. The summed E-state index contributed by atoms with van der Waals surface area (Å²) in [5, 5.41) is 0. The number of nitrogen functional groups attached to an aromatic ring is 1. The molecule has 0 radical (unpaired) electrons. The van der Waals surface area contributed by atoms with Crippen LogP contribution in [0.15, 0.2) is 18.2 Å². The van der Waals surface area contributed by atoms with Crippen LogP contribution >= 0.6 is 0 Å². The van der Waals surface area contributed by atoms with Gasteiger partial charge in [0.2, 0.25) is 0 Å². The molecular weight excluding hydrogens is 334 g/mol. The quantitative estimate of drug-likeness (QED) is 0.817. The molecule has 0 bridgehead atoms. The minimum absolute atomic E-state index is 0.0274. The van der Waals surface area contributed by atoms with E-state index in [1.165, 1.54) is 4.90 Å². The summed E-state index contributed by atoms with van der Waals surface area (Å²) >= 11 is 0. The number of hydrogen-bond donors (Lipinski definition) is 1. The van der Waals surface area contributed by atoms with Crippen molar-refractivity contribution in [2.75, 3.05) is 32.9 Å². The second-order valence-corrected chi connectivity index (χ2v) is 7.94. The van der Waals surface area contributed by atoms with E-state index in [0.29, 0.717) is 30.1 Å². The van der Waals surface area contributed by atoms with Gasteiger partial charge in [-0.15, -0.1) is 0 Å². The number of benzene rings is 1. The fraction of sp³-hybridized carbons (Fsp3) is 0.579. The molecule has 7 heteroatoms. The van der Waals surface area contributed by atoms with E-state index in [2.05, 4.69) is 0 Å². The summed E-state index contributed by atoms with van der Waals surface area (Å²) in [5.74, 6) is 0.378. The van der Waals surface area contributed by atoms with Gasteiger partial charge in [0.15, 0.2) is 0 Å². The fourth-order valence-electron chi connectivity index (χ4n) is 2.84. The molecule has 0 saturated carbocycles. The van der Waals surface area contributed by atoms with E-state index in [1.54, 1.807) is 37.2 Å². The van der Waals surface area contributed by atoms with Crippen LogP contribution in [0.1, 0.15) is 38.1 Å². The van der Waals surface area contributed by atoms with Gasteiger partial charge in [-0.1, -0.05) is 6.92 Å². The summed E-state index contributed by atoms with van der Waals surface area (Å²) in [7, 11) is 3.44. The van der Waals surface area contributed by atoms with E-state index in [0.717, 1.165) is 0 Å². The maximum atomic E-state index is 12.6. The van der Waals surface area contributed by atoms with E-state index in [-0.39, 0.29) is 17.9 Å². The van der Waals surface area contributed by atoms with Gasteiger partial charge in [-0.3, -0.25) is 4.79 Å². The van der Waals surface area contributed by atoms with Crippen molar-refractivity contribution in [3.8, 4) is 5.75 Å². The third-order valence-electron chi connectivity index (χ3n) is 4.21. The number of likely N-dealkylation sites (N-methyl/N-ethyl adjacent to an activating group) is 1. The fourth-order valence-corrected chi connectivity index (χ4v) is 2.84. The molecule has 0 spiro atoms. The first-order chi connectivity index (χ1) is 12.0. The molecule has 1 aromatic rings. The van der Waals surface area contributed by atoms with Gasteiger partial charge in [0, 0.05) is 32.2 Å². The molecule has 2 rings (SSSR count). The number of carbonyl (C=O) groups is 2. The summed E-state index contributed by atoms with van der Waals surface area (Å²) in [5.41, 5.74) is 6.20. The second kappa shape index (κ2) is 7.43. The molecule has 26 heavy (non-hydrogen) atoms. The van der Waals surface area contributed by atoms with Crippen LogP contribution in [0.4, 0.5) is 10.5 Å². The molecule has 2 atom stereocenters. The van der Waals surface area contributed by atoms with Gasteiger partial charge in [-0.2, -0.15) is 0 Å². The minimum atomic E-state index is -0.560. The number of carbonyl (C=O) groups excluding carboxylic acids is 2. The molecule has 2 amide bonds. The zero-order chi connectivity index (χ0) is 19.6. The summed E-state index contributed by atoms with van der Waals surface area (Å²) in [6, 6.07) is 5.03. The summed E-state index contributed by atoms with van der Waals surface area (Å²) < 4.78 is 11.5. The summed E-state index contributed by atoms with van der Waals surface area (Å²) in [6.45, 7) is 8.35. The lowest BCUT2D eigenvalue weighted by molar-refractivity contribution is 0.0151. The normalized spacial score (nSPS) is 20.5. The molecule has 0 fully saturated rings. The van der Waals surface area contributed by atoms with Crippen LogP contribution in [0.2, 0.25) is 0 Å². The first-order valence-corrected chi connectivity index (χ1v) is 8.73. The van der Waals surface area contributed by atoms with Gasteiger partial charge in [-0.05, 0) is 39.0 Å². The number of rotatable bonds is 2. The number of hydrogen-bond acceptors (Lipinski definition) is 5. The topological polar surface area (TPSA) is 85.1 Å². The highest BCUT2D eigenvalue weighted by atomic mass is 16.6. The van der Waals surface area contributed by atoms with Crippen LogP contribution in [0.5, 0.6) is 5.75 Å². The number of fused-ring (bicyclic) bond motifs is 1. The van der Waals surface area contributed by atoms with Crippen molar-refractivity contribution in [2.45, 2.75) is 39.4 Å². The Morgan fingerprint density at radius 2 is 2.08 bits per heavy atom. The highest BCUT2D eigenvalue weighted by molar-refractivity contribution is 5.97. The third-order valence-corrected chi connectivity index (χ3v) is 4.21. The van der Waals surface area contributed by atoms with Crippen LogP contribution in [0.25, 0.3) is 0 Å². The molecular formula is C19H29N3O4. The molecule has 1 aliphatic heterocycles. The number of ether oxygens (including phenoxy) is 2. The smallest absolute Gasteiger partial charge is 0.410 e. The molecule has 144 valence electrons. The number of nitrogens with zero attached hydrogens (tertiary/aromatic N) is 2. The molecule has 2 N–H and O–H groups in total. The van der Waals surface area contributed by atoms with E-state index in [4.69, 9.17) is 15.2 Å². The van der Waals surface area contributed by atoms with Crippen molar-refractivity contribution in [3.63, 3.8) is 0 Å². The average molecular weight is 363 g/mol. The Bertz CT molecular complexity index is 684. The van der Waals surface area contributed by atoms with Crippen molar-refractivity contribution in [1.29, 1.82) is 0 Å². The average Bonchev–Trinajstić information content (AvgIpc) is 2.52. The van der Waals surface area contributed by atoms with Gasteiger partial charge in [0.25, 0.3) is 5.91 Å². The van der Waals surface area contributed by atoms with Crippen LogP contribution in [-0.2, 0) is 4.74 Å². The van der Waals surface area contributed by atoms with Crippen LogP contribution in [-0.4, -0.2) is 60.7 Å². The highest BCUT2D eigenvalue weighted by Gasteiger charge is 2.31. The molecule has 0 unspecified atom stereocenters. The summed E-state index contributed by atoms with van der Waals surface area (Å²) in [6.07, 6.45) is -0.692. The highest BCUT2D eigenvalue weighted by Crippen LogP contribution is 2.28. The zero-order valence-corrected chi connectivity index (χ0v) is 16.4. The van der Waals surface area contributed by atoms with Crippen molar-refractivity contribution in [2.24, 2.45) is 5.92 Å². The minimum Gasteiger partial charge on any atom is -0.487 e. The Labute approximate surface area is 155 Å². The number of nitrogens with two attached hydrogens (primary N) is 1. The predicted octanol–water partition coefficient (Wildman–Crippen LogP) is 2.60. The van der Waals surface area contributed by atoms with Gasteiger partial charge >= 0.3 is 6.09 Å². The summed E-state index contributed by atoms with van der Waals surface area (Å²) in [4.78, 5) is 28.0. The molecule has 0 aromatic heterocycles. The first kappa shape index (κ1) is 19.9. The lowest BCUT2D eigenvalue weighted by atomic mass is 10.0. The van der Waals surface area contributed by atoms with E-state index in [1.807, 2.05) is 27.7 Å². The monoisotopic (exact) mass is 363 g/mol. The Morgan fingerprint density at radius 3 is 2.69 bits per heavy atom. The molecule has 0 saturated heterocycles. The van der Waals surface area contributed by atoms with Crippen LogP contribution < -0.4 is 10.5 Å².